The summed E-state index contributed by atoms with van der Waals surface area (Å²) in [6, 6.07) is 25.3. The van der Waals surface area contributed by atoms with Gasteiger partial charge in [-0.3, -0.25) is 0 Å². The fraction of sp³-hybridized carbons (Fsp3) is 0.103. The predicted molar refractivity (Wildman–Crippen MR) is 133 cm³/mol. The van der Waals surface area contributed by atoms with Gasteiger partial charge < -0.3 is 14.2 Å². The van der Waals surface area contributed by atoms with Crippen LogP contribution in [0.15, 0.2) is 95.6 Å². The number of carbonyl (C=O) groups is 1. The van der Waals surface area contributed by atoms with Crippen LogP contribution in [-0.2, 0) is 16.1 Å². The van der Waals surface area contributed by atoms with E-state index in [1.54, 1.807) is 36.4 Å². The molecule has 4 aromatic carbocycles. The third kappa shape index (κ3) is 5.06. The summed E-state index contributed by atoms with van der Waals surface area (Å²) >= 11 is 0. The summed E-state index contributed by atoms with van der Waals surface area (Å²) in [6.45, 7) is 2.50. The Kier molecular flexibility index (Phi) is 6.26. The number of benzene rings is 4. The standard InChI is InChI=1S/C29H22FNO4/c1-2-33-27-16-19(10-13-26(27)34-18-20-6-5-9-24(30)14-20)15-25-29(32)35-28(31-25)23-12-11-21-7-3-4-8-22(21)17-23/h3-17H,2,18H2,1H3/b25-15-. The van der Waals surface area contributed by atoms with E-state index in [4.69, 9.17) is 14.2 Å². The average Bonchev–Trinajstić information content (AvgIpc) is 3.23. The molecule has 1 heterocycles. The van der Waals surface area contributed by atoms with Gasteiger partial charge in [-0.25, -0.2) is 14.2 Å². The predicted octanol–water partition coefficient (Wildman–Crippen LogP) is 6.30. The second kappa shape index (κ2) is 9.81. The lowest BCUT2D eigenvalue weighted by atomic mass is 10.1. The molecule has 0 aliphatic carbocycles. The van der Waals surface area contributed by atoms with Crippen LogP contribution in [-0.4, -0.2) is 18.5 Å². The zero-order valence-electron chi connectivity index (χ0n) is 19.0. The third-order valence-electron chi connectivity index (χ3n) is 5.47. The Morgan fingerprint density at radius 2 is 1.74 bits per heavy atom. The first-order valence-electron chi connectivity index (χ1n) is 11.2. The zero-order chi connectivity index (χ0) is 24.2. The van der Waals surface area contributed by atoms with E-state index >= 15 is 0 Å². The molecule has 0 atom stereocenters. The Balaban J connectivity index is 1.39. The minimum Gasteiger partial charge on any atom is -0.490 e. The molecule has 4 aromatic rings. The second-order valence-corrected chi connectivity index (χ2v) is 7.96. The number of cyclic esters (lactones) is 1. The Labute approximate surface area is 202 Å². The van der Waals surface area contributed by atoms with Gasteiger partial charge in [0.1, 0.15) is 12.4 Å². The summed E-state index contributed by atoms with van der Waals surface area (Å²) in [6.07, 6.45) is 1.65. The number of carbonyl (C=O) groups excluding carboxylic acids is 1. The maximum atomic E-state index is 13.4. The summed E-state index contributed by atoms with van der Waals surface area (Å²) in [4.78, 5) is 16.9. The first-order valence-corrected chi connectivity index (χ1v) is 11.2. The van der Waals surface area contributed by atoms with E-state index in [2.05, 4.69) is 4.99 Å². The van der Waals surface area contributed by atoms with Crippen molar-refractivity contribution in [3.05, 3.63) is 113 Å². The van der Waals surface area contributed by atoms with Gasteiger partial charge in [0.05, 0.1) is 6.61 Å². The van der Waals surface area contributed by atoms with Crippen molar-refractivity contribution in [2.75, 3.05) is 6.61 Å². The highest BCUT2D eigenvalue weighted by Gasteiger charge is 2.24. The Bertz CT molecular complexity index is 1470. The maximum Gasteiger partial charge on any atom is 0.363 e. The van der Waals surface area contributed by atoms with Crippen molar-refractivity contribution in [2.24, 2.45) is 4.99 Å². The number of hydrogen-bond acceptors (Lipinski definition) is 5. The first kappa shape index (κ1) is 22.3. The summed E-state index contributed by atoms with van der Waals surface area (Å²) < 4.78 is 30.5. The van der Waals surface area contributed by atoms with Crippen molar-refractivity contribution in [1.82, 2.24) is 0 Å². The highest BCUT2D eigenvalue weighted by atomic mass is 19.1. The molecule has 35 heavy (non-hydrogen) atoms. The van der Waals surface area contributed by atoms with Crippen LogP contribution in [0.4, 0.5) is 4.39 Å². The summed E-state index contributed by atoms with van der Waals surface area (Å²) in [5, 5.41) is 2.14. The van der Waals surface area contributed by atoms with Crippen LogP contribution in [0.25, 0.3) is 16.8 Å². The number of hydrogen-bond donors (Lipinski definition) is 0. The van der Waals surface area contributed by atoms with Crippen LogP contribution in [0.1, 0.15) is 23.6 Å². The molecular formula is C29H22FNO4. The van der Waals surface area contributed by atoms with Crippen molar-refractivity contribution >= 4 is 28.7 Å². The minimum atomic E-state index is -0.516. The van der Waals surface area contributed by atoms with Gasteiger partial charge in [-0.15, -0.1) is 0 Å². The molecule has 0 spiro atoms. The van der Waals surface area contributed by atoms with Crippen LogP contribution in [0.5, 0.6) is 11.5 Å². The van der Waals surface area contributed by atoms with E-state index in [9.17, 15) is 9.18 Å². The third-order valence-corrected chi connectivity index (χ3v) is 5.47. The molecule has 1 aliphatic rings. The van der Waals surface area contributed by atoms with Crippen molar-refractivity contribution in [1.29, 1.82) is 0 Å². The molecule has 174 valence electrons. The number of ether oxygens (including phenoxy) is 3. The molecule has 0 fully saturated rings. The average molecular weight is 467 g/mol. The number of rotatable bonds is 7. The highest BCUT2D eigenvalue weighted by Crippen LogP contribution is 2.31. The van der Waals surface area contributed by atoms with Gasteiger partial charge in [0.15, 0.2) is 17.2 Å². The van der Waals surface area contributed by atoms with Crippen LogP contribution in [0, 0.1) is 5.82 Å². The Morgan fingerprint density at radius 3 is 2.57 bits per heavy atom. The van der Waals surface area contributed by atoms with Gasteiger partial charge in [-0.05, 0) is 71.3 Å². The first-order chi connectivity index (χ1) is 17.1. The van der Waals surface area contributed by atoms with Gasteiger partial charge in [-0.2, -0.15) is 0 Å². The van der Waals surface area contributed by atoms with Crippen molar-refractivity contribution in [3.63, 3.8) is 0 Å². The smallest absolute Gasteiger partial charge is 0.363 e. The lowest BCUT2D eigenvalue weighted by Crippen LogP contribution is -2.05. The molecule has 0 amide bonds. The second-order valence-electron chi connectivity index (χ2n) is 7.96. The van der Waals surface area contributed by atoms with E-state index in [1.165, 1.54) is 12.1 Å². The van der Waals surface area contributed by atoms with Gasteiger partial charge >= 0.3 is 5.97 Å². The largest absolute Gasteiger partial charge is 0.490 e. The molecule has 5 rings (SSSR count). The molecule has 0 bridgehead atoms. The molecule has 0 N–H and O–H groups in total. The lowest BCUT2D eigenvalue weighted by molar-refractivity contribution is -0.129. The van der Waals surface area contributed by atoms with Gasteiger partial charge in [0.25, 0.3) is 0 Å². The Hall–Kier alpha value is -4.45. The van der Waals surface area contributed by atoms with Gasteiger partial charge in [-0.1, -0.05) is 48.5 Å². The van der Waals surface area contributed by atoms with E-state index in [0.717, 1.165) is 16.3 Å². The molecular weight excluding hydrogens is 445 g/mol. The van der Waals surface area contributed by atoms with Crippen molar-refractivity contribution in [3.8, 4) is 11.5 Å². The molecule has 0 saturated carbocycles. The fourth-order valence-electron chi connectivity index (χ4n) is 3.80. The highest BCUT2D eigenvalue weighted by molar-refractivity contribution is 6.13. The molecule has 0 unspecified atom stereocenters. The summed E-state index contributed by atoms with van der Waals surface area (Å²) in [7, 11) is 0. The number of esters is 1. The van der Waals surface area contributed by atoms with E-state index < -0.39 is 5.97 Å². The molecule has 6 heteroatoms. The number of nitrogens with zero attached hydrogens (tertiary/aromatic N) is 1. The number of fused-ring (bicyclic) bond motifs is 1. The minimum absolute atomic E-state index is 0.198. The van der Waals surface area contributed by atoms with Crippen LogP contribution in [0.2, 0.25) is 0 Å². The molecule has 0 saturated heterocycles. The summed E-state index contributed by atoms with van der Waals surface area (Å²) in [5.74, 6) is 0.478. The quantitative estimate of drug-likeness (QED) is 0.236. The van der Waals surface area contributed by atoms with Crippen LogP contribution < -0.4 is 9.47 Å². The van der Waals surface area contributed by atoms with E-state index in [1.807, 2.05) is 49.4 Å². The topological polar surface area (TPSA) is 57.1 Å². The summed E-state index contributed by atoms with van der Waals surface area (Å²) in [5.41, 5.74) is 2.35. The van der Waals surface area contributed by atoms with Gasteiger partial charge in [0, 0.05) is 5.56 Å². The number of aliphatic imine (C=N–C) groups is 1. The zero-order valence-corrected chi connectivity index (χ0v) is 19.0. The SMILES string of the molecule is CCOc1cc(/C=C2\N=C(c3ccc4ccccc4c3)OC2=O)ccc1OCc1cccc(F)c1. The molecule has 0 radical (unpaired) electrons. The number of halogens is 1. The van der Waals surface area contributed by atoms with Crippen molar-refractivity contribution < 1.29 is 23.4 Å². The van der Waals surface area contributed by atoms with Crippen molar-refractivity contribution in [2.45, 2.75) is 13.5 Å². The molecule has 1 aliphatic heterocycles. The fourth-order valence-corrected chi connectivity index (χ4v) is 3.80. The monoisotopic (exact) mass is 467 g/mol. The van der Waals surface area contributed by atoms with E-state index in [0.29, 0.717) is 29.2 Å². The lowest BCUT2D eigenvalue weighted by Gasteiger charge is -2.13. The normalized spacial score (nSPS) is 14.2. The maximum absolute atomic E-state index is 13.4. The van der Waals surface area contributed by atoms with Crippen LogP contribution >= 0.6 is 0 Å². The molecule has 5 nitrogen and oxygen atoms in total. The Morgan fingerprint density at radius 1 is 0.886 bits per heavy atom. The van der Waals surface area contributed by atoms with E-state index in [-0.39, 0.29) is 24.0 Å². The van der Waals surface area contributed by atoms with Crippen LogP contribution in [0.3, 0.4) is 0 Å². The molecule has 0 aromatic heterocycles. The van der Waals surface area contributed by atoms with Gasteiger partial charge in [0.2, 0.25) is 5.90 Å².